The Bertz CT molecular complexity index is 623. The highest BCUT2D eigenvalue weighted by atomic mass is 16.3. The first-order valence-corrected chi connectivity index (χ1v) is 5.61. The number of rotatable bonds is 2. The van der Waals surface area contributed by atoms with Crippen LogP contribution in [0.3, 0.4) is 0 Å². The van der Waals surface area contributed by atoms with Gasteiger partial charge in [0.25, 0.3) is 0 Å². The van der Waals surface area contributed by atoms with Crippen molar-refractivity contribution >= 4 is 10.8 Å². The Kier molecular flexibility index (Phi) is 2.42. The van der Waals surface area contributed by atoms with Gasteiger partial charge in [-0.1, -0.05) is 42.5 Å². The van der Waals surface area contributed by atoms with Gasteiger partial charge < -0.3 is 10.2 Å². The first kappa shape index (κ1) is 10.1. The summed E-state index contributed by atoms with van der Waals surface area (Å²) in [6.45, 7) is 0. The fourth-order valence-corrected chi connectivity index (χ4v) is 2.15. The van der Waals surface area contributed by atoms with Gasteiger partial charge in [-0.2, -0.15) is 0 Å². The van der Waals surface area contributed by atoms with E-state index in [1.165, 1.54) is 10.8 Å². The van der Waals surface area contributed by atoms with Crippen molar-refractivity contribution in [2.75, 3.05) is 0 Å². The van der Waals surface area contributed by atoms with Gasteiger partial charge in [0, 0.05) is 5.56 Å². The van der Waals surface area contributed by atoms with Crippen LogP contribution in [0.5, 0.6) is 0 Å². The minimum absolute atomic E-state index is 0.139. The molecular weight excluding hydrogens is 210 g/mol. The zero-order valence-corrected chi connectivity index (χ0v) is 9.34. The highest BCUT2D eigenvalue weighted by Crippen LogP contribution is 2.27. The Morgan fingerprint density at radius 3 is 2.59 bits per heavy atom. The van der Waals surface area contributed by atoms with Gasteiger partial charge >= 0.3 is 0 Å². The molecular formula is C15H13NO. The van der Waals surface area contributed by atoms with Crippen molar-refractivity contribution in [3.63, 3.8) is 0 Å². The number of furan rings is 1. The van der Waals surface area contributed by atoms with Crippen LogP contribution >= 0.6 is 0 Å². The summed E-state index contributed by atoms with van der Waals surface area (Å²) in [7, 11) is 0. The van der Waals surface area contributed by atoms with Crippen LogP contribution in [0.15, 0.2) is 65.5 Å². The molecule has 1 aromatic heterocycles. The van der Waals surface area contributed by atoms with Crippen LogP contribution in [0, 0.1) is 0 Å². The minimum atomic E-state index is -0.139. The molecule has 2 aromatic carbocycles. The molecule has 0 saturated heterocycles. The normalized spacial score (nSPS) is 12.8. The summed E-state index contributed by atoms with van der Waals surface area (Å²) in [6.07, 6.45) is 3.35. The Balaban J connectivity index is 2.17. The second kappa shape index (κ2) is 4.07. The van der Waals surface area contributed by atoms with Crippen LogP contribution in [-0.4, -0.2) is 0 Å². The summed E-state index contributed by atoms with van der Waals surface area (Å²) in [5.74, 6) is 0. The molecule has 3 rings (SSSR count). The molecule has 0 saturated carbocycles. The molecule has 2 N–H and O–H groups in total. The lowest BCUT2D eigenvalue weighted by atomic mass is 9.96. The average molecular weight is 223 g/mol. The summed E-state index contributed by atoms with van der Waals surface area (Å²) in [4.78, 5) is 0. The van der Waals surface area contributed by atoms with E-state index in [2.05, 4.69) is 24.3 Å². The van der Waals surface area contributed by atoms with Gasteiger partial charge in [-0.05, 0) is 22.4 Å². The Labute approximate surface area is 99.7 Å². The summed E-state index contributed by atoms with van der Waals surface area (Å²) in [5.41, 5.74) is 8.40. The van der Waals surface area contributed by atoms with Gasteiger partial charge in [0.05, 0.1) is 18.6 Å². The topological polar surface area (TPSA) is 39.2 Å². The summed E-state index contributed by atoms with van der Waals surface area (Å²) in [5, 5.41) is 2.41. The van der Waals surface area contributed by atoms with E-state index < -0.39 is 0 Å². The Hall–Kier alpha value is -2.06. The first-order valence-electron chi connectivity index (χ1n) is 5.61. The fourth-order valence-electron chi connectivity index (χ4n) is 2.15. The van der Waals surface area contributed by atoms with Gasteiger partial charge in [0.1, 0.15) is 0 Å². The Morgan fingerprint density at radius 1 is 0.941 bits per heavy atom. The number of hydrogen-bond donors (Lipinski definition) is 1. The van der Waals surface area contributed by atoms with Crippen molar-refractivity contribution in [1.29, 1.82) is 0 Å². The molecule has 2 nitrogen and oxygen atoms in total. The molecule has 84 valence electrons. The molecule has 0 bridgehead atoms. The summed E-state index contributed by atoms with van der Waals surface area (Å²) >= 11 is 0. The highest BCUT2D eigenvalue weighted by Gasteiger charge is 2.12. The largest absolute Gasteiger partial charge is 0.472 e. The number of fused-ring (bicyclic) bond motifs is 1. The molecule has 1 heterocycles. The lowest BCUT2D eigenvalue weighted by molar-refractivity contribution is 0.562. The second-order valence-electron chi connectivity index (χ2n) is 4.10. The average Bonchev–Trinajstić information content (AvgIpc) is 2.91. The molecule has 0 radical (unpaired) electrons. The zero-order chi connectivity index (χ0) is 11.7. The minimum Gasteiger partial charge on any atom is -0.472 e. The van der Waals surface area contributed by atoms with E-state index in [1.54, 1.807) is 12.5 Å². The quantitative estimate of drug-likeness (QED) is 0.722. The number of benzene rings is 2. The van der Waals surface area contributed by atoms with Gasteiger partial charge in [-0.3, -0.25) is 0 Å². The molecule has 0 spiro atoms. The Morgan fingerprint density at radius 2 is 1.76 bits per heavy atom. The van der Waals surface area contributed by atoms with Crippen LogP contribution in [0.25, 0.3) is 10.8 Å². The fraction of sp³-hybridized carbons (Fsp3) is 0.0667. The van der Waals surface area contributed by atoms with Crippen LogP contribution in [0.2, 0.25) is 0 Å². The van der Waals surface area contributed by atoms with E-state index in [1.807, 2.05) is 24.3 Å². The van der Waals surface area contributed by atoms with Crippen molar-refractivity contribution in [1.82, 2.24) is 0 Å². The zero-order valence-electron chi connectivity index (χ0n) is 9.34. The maximum Gasteiger partial charge on any atom is 0.0953 e. The number of nitrogens with two attached hydrogens (primary N) is 1. The van der Waals surface area contributed by atoms with E-state index in [4.69, 9.17) is 10.2 Å². The molecule has 0 fully saturated rings. The number of hydrogen-bond acceptors (Lipinski definition) is 2. The maximum atomic E-state index is 6.27. The maximum absolute atomic E-state index is 6.27. The van der Waals surface area contributed by atoms with Crippen molar-refractivity contribution in [2.24, 2.45) is 5.73 Å². The van der Waals surface area contributed by atoms with Gasteiger partial charge in [0.2, 0.25) is 0 Å². The van der Waals surface area contributed by atoms with Crippen molar-refractivity contribution in [2.45, 2.75) is 6.04 Å². The standard InChI is InChI=1S/C15H13NO/c16-15(12-8-9-17-10-12)14-7-3-5-11-4-1-2-6-13(11)14/h1-10,15H,16H2. The van der Waals surface area contributed by atoms with Crippen LogP contribution < -0.4 is 5.73 Å². The van der Waals surface area contributed by atoms with E-state index in [0.717, 1.165) is 11.1 Å². The van der Waals surface area contributed by atoms with Crippen molar-refractivity contribution < 1.29 is 4.42 Å². The SMILES string of the molecule is NC(c1ccoc1)c1cccc2ccccc12. The van der Waals surface area contributed by atoms with Crippen LogP contribution in [-0.2, 0) is 0 Å². The molecule has 17 heavy (non-hydrogen) atoms. The summed E-state index contributed by atoms with van der Waals surface area (Å²) < 4.78 is 5.09. The predicted octanol–water partition coefficient (Wildman–Crippen LogP) is 3.48. The van der Waals surface area contributed by atoms with Gasteiger partial charge in [-0.15, -0.1) is 0 Å². The molecule has 3 aromatic rings. The molecule has 0 amide bonds. The van der Waals surface area contributed by atoms with Crippen molar-refractivity contribution in [3.05, 3.63) is 72.2 Å². The third-order valence-electron chi connectivity index (χ3n) is 3.06. The van der Waals surface area contributed by atoms with Crippen LogP contribution in [0.4, 0.5) is 0 Å². The predicted molar refractivity (Wildman–Crippen MR) is 68.7 cm³/mol. The molecule has 0 aliphatic carbocycles. The van der Waals surface area contributed by atoms with E-state index >= 15 is 0 Å². The van der Waals surface area contributed by atoms with E-state index in [9.17, 15) is 0 Å². The monoisotopic (exact) mass is 223 g/mol. The first-order chi connectivity index (χ1) is 8.36. The molecule has 1 atom stereocenters. The van der Waals surface area contributed by atoms with Crippen molar-refractivity contribution in [3.8, 4) is 0 Å². The smallest absolute Gasteiger partial charge is 0.0953 e. The molecule has 2 heteroatoms. The van der Waals surface area contributed by atoms with Gasteiger partial charge in [0.15, 0.2) is 0 Å². The molecule has 0 aliphatic rings. The molecule has 0 aliphatic heterocycles. The third kappa shape index (κ3) is 1.73. The van der Waals surface area contributed by atoms with Gasteiger partial charge in [-0.25, -0.2) is 0 Å². The highest BCUT2D eigenvalue weighted by molar-refractivity contribution is 5.86. The lowest BCUT2D eigenvalue weighted by Crippen LogP contribution is -2.11. The second-order valence-corrected chi connectivity index (χ2v) is 4.10. The van der Waals surface area contributed by atoms with E-state index in [0.29, 0.717) is 0 Å². The van der Waals surface area contributed by atoms with Crippen LogP contribution in [0.1, 0.15) is 17.2 Å². The lowest BCUT2D eigenvalue weighted by Gasteiger charge is -2.12. The van der Waals surface area contributed by atoms with E-state index in [-0.39, 0.29) is 6.04 Å². The molecule has 1 unspecified atom stereocenters. The summed E-state index contributed by atoms with van der Waals surface area (Å²) in [6, 6.07) is 16.2. The third-order valence-corrected chi connectivity index (χ3v) is 3.06.